The highest BCUT2D eigenvalue weighted by atomic mass is 79.9. The minimum absolute atomic E-state index is 0.199. The zero-order chi connectivity index (χ0) is 18.9. The van der Waals surface area contributed by atoms with E-state index in [4.69, 9.17) is 0 Å². The number of aryl methyl sites for hydroxylation is 1. The molecule has 1 aliphatic heterocycles. The van der Waals surface area contributed by atoms with Gasteiger partial charge in [0.05, 0.1) is 3.79 Å². The second kappa shape index (κ2) is 7.75. The lowest BCUT2D eigenvalue weighted by Gasteiger charge is -2.30. The van der Waals surface area contributed by atoms with Crippen LogP contribution in [0.15, 0.2) is 38.3 Å². The molecule has 9 heteroatoms. The first-order chi connectivity index (χ1) is 12.3. The Morgan fingerprint density at radius 2 is 1.96 bits per heavy atom. The molecule has 0 radical (unpaired) electrons. The number of anilines is 1. The van der Waals surface area contributed by atoms with Crippen molar-refractivity contribution in [1.29, 1.82) is 0 Å². The third-order valence-corrected chi connectivity index (χ3v) is 8.41. The summed E-state index contributed by atoms with van der Waals surface area (Å²) in [6, 6.07) is 7.53. The summed E-state index contributed by atoms with van der Waals surface area (Å²) in [5.41, 5.74) is 1.23. The highest BCUT2D eigenvalue weighted by Crippen LogP contribution is 2.31. The first kappa shape index (κ1) is 19.5. The topological polar surface area (TPSA) is 66.5 Å². The fourth-order valence-corrected chi connectivity index (χ4v) is 6.52. The Hall–Kier alpha value is -1.29. The first-order valence-electron chi connectivity index (χ1n) is 8.10. The molecule has 26 heavy (non-hydrogen) atoms. The average Bonchev–Trinajstić information content (AvgIpc) is 3.05. The van der Waals surface area contributed by atoms with Gasteiger partial charge in [0, 0.05) is 24.7 Å². The summed E-state index contributed by atoms with van der Waals surface area (Å²) in [4.78, 5) is 12.5. The van der Waals surface area contributed by atoms with E-state index in [1.807, 2.05) is 0 Å². The molecule has 1 aliphatic rings. The Bertz CT molecular complexity index is 922. The molecule has 2 heterocycles. The molecule has 140 valence electrons. The standard InChI is InChI=1S/C17H18BrFN2O3S2/c1-11-2-3-13(19)10-14(11)20-17(22)12-6-8-21(9-7-12)26(23,24)16-5-4-15(18)25-16/h2-5,10,12H,6-9H2,1H3,(H,20,22). The minimum atomic E-state index is -3.52. The maximum absolute atomic E-state index is 13.4. The van der Waals surface area contributed by atoms with Gasteiger partial charge in [0.15, 0.2) is 0 Å². The number of halogens is 2. The van der Waals surface area contributed by atoms with Crippen LogP contribution in [0.5, 0.6) is 0 Å². The number of sulfonamides is 1. The molecular formula is C17H18BrFN2O3S2. The van der Waals surface area contributed by atoms with Gasteiger partial charge in [-0.2, -0.15) is 4.31 Å². The van der Waals surface area contributed by atoms with Gasteiger partial charge in [-0.1, -0.05) is 6.07 Å². The van der Waals surface area contributed by atoms with Crippen molar-refractivity contribution in [2.24, 2.45) is 5.92 Å². The number of thiophene rings is 1. The molecule has 1 aromatic heterocycles. The smallest absolute Gasteiger partial charge is 0.252 e. The van der Waals surface area contributed by atoms with Crippen molar-refractivity contribution in [3.63, 3.8) is 0 Å². The third-order valence-electron chi connectivity index (χ3n) is 4.42. The number of nitrogens with one attached hydrogen (secondary N) is 1. The number of benzene rings is 1. The molecule has 0 saturated carbocycles. The number of rotatable bonds is 4. The Kier molecular flexibility index (Phi) is 5.81. The van der Waals surface area contributed by atoms with Gasteiger partial charge in [-0.3, -0.25) is 4.79 Å². The molecule has 1 fully saturated rings. The molecule has 2 aromatic rings. The molecule has 1 aromatic carbocycles. The summed E-state index contributed by atoms with van der Waals surface area (Å²) in [5, 5.41) is 2.76. The lowest BCUT2D eigenvalue weighted by atomic mass is 9.97. The minimum Gasteiger partial charge on any atom is -0.326 e. The Labute approximate surface area is 164 Å². The molecule has 5 nitrogen and oxygen atoms in total. The molecule has 0 spiro atoms. The molecule has 0 atom stereocenters. The average molecular weight is 461 g/mol. The fourth-order valence-electron chi connectivity index (χ4n) is 2.89. The van der Waals surface area contributed by atoms with Crippen molar-refractivity contribution in [2.45, 2.75) is 24.0 Å². The monoisotopic (exact) mass is 460 g/mol. The summed E-state index contributed by atoms with van der Waals surface area (Å²) in [6.07, 6.45) is 0.873. The van der Waals surface area contributed by atoms with Crippen LogP contribution in [0.3, 0.4) is 0 Å². The van der Waals surface area contributed by atoms with Crippen LogP contribution >= 0.6 is 27.3 Å². The largest absolute Gasteiger partial charge is 0.326 e. The van der Waals surface area contributed by atoms with E-state index in [0.29, 0.717) is 22.7 Å². The van der Waals surface area contributed by atoms with E-state index in [0.717, 1.165) is 9.35 Å². The SMILES string of the molecule is Cc1ccc(F)cc1NC(=O)C1CCN(S(=O)(=O)c2ccc(Br)s2)CC1. The normalized spacial score (nSPS) is 16.6. The number of carbonyl (C=O) groups is 1. The van der Waals surface area contributed by atoms with Crippen LogP contribution in [0.25, 0.3) is 0 Å². The van der Waals surface area contributed by atoms with Crippen molar-refractivity contribution in [2.75, 3.05) is 18.4 Å². The van der Waals surface area contributed by atoms with Gasteiger partial charge in [-0.05, 0) is 65.5 Å². The van der Waals surface area contributed by atoms with E-state index >= 15 is 0 Å². The van der Waals surface area contributed by atoms with Gasteiger partial charge in [-0.25, -0.2) is 12.8 Å². The maximum atomic E-state index is 13.4. The van der Waals surface area contributed by atoms with E-state index < -0.39 is 15.8 Å². The van der Waals surface area contributed by atoms with Gasteiger partial charge < -0.3 is 5.32 Å². The quantitative estimate of drug-likeness (QED) is 0.749. The van der Waals surface area contributed by atoms with Gasteiger partial charge in [0.25, 0.3) is 10.0 Å². The molecule has 0 bridgehead atoms. The van der Waals surface area contributed by atoms with Crippen LogP contribution in [-0.2, 0) is 14.8 Å². The van der Waals surface area contributed by atoms with Crippen LogP contribution in [0.4, 0.5) is 10.1 Å². The Morgan fingerprint density at radius 1 is 1.27 bits per heavy atom. The molecule has 1 saturated heterocycles. The van der Waals surface area contributed by atoms with Crippen molar-refractivity contribution < 1.29 is 17.6 Å². The number of nitrogens with zero attached hydrogens (tertiary/aromatic N) is 1. The molecule has 0 aliphatic carbocycles. The van der Waals surface area contributed by atoms with Gasteiger partial charge >= 0.3 is 0 Å². The van der Waals surface area contributed by atoms with Gasteiger partial charge in [0.2, 0.25) is 5.91 Å². The summed E-state index contributed by atoms with van der Waals surface area (Å²) in [7, 11) is -3.52. The molecule has 0 unspecified atom stereocenters. The molecule has 1 N–H and O–H groups in total. The number of hydrogen-bond donors (Lipinski definition) is 1. The van der Waals surface area contributed by atoms with Crippen molar-refractivity contribution in [3.8, 4) is 0 Å². The molecule has 3 rings (SSSR count). The van der Waals surface area contributed by atoms with Crippen molar-refractivity contribution >= 4 is 48.9 Å². The van der Waals surface area contributed by atoms with Gasteiger partial charge in [-0.15, -0.1) is 11.3 Å². The zero-order valence-corrected chi connectivity index (χ0v) is 17.3. The molecule has 1 amide bonds. The maximum Gasteiger partial charge on any atom is 0.252 e. The van der Waals surface area contributed by atoms with Gasteiger partial charge in [0.1, 0.15) is 10.0 Å². The predicted molar refractivity (Wildman–Crippen MR) is 103 cm³/mol. The first-order valence-corrected chi connectivity index (χ1v) is 11.1. The number of hydrogen-bond acceptors (Lipinski definition) is 4. The summed E-state index contributed by atoms with van der Waals surface area (Å²) in [6.45, 7) is 2.37. The summed E-state index contributed by atoms with van der Waals surface area (Å²) in [5.74, 6) is -0.900. The summed E-state index contributed by atoms with van der Waals surface area (Å²) < 4.78 is 41.1. The highest BCUT2D eigenvalue weighted by Gasteiger charge is 2.33. The van der Waals surface area contributed by atoms with Crippen molar-refractivity contribution in [1.82, 2.24) is 4.31 Å². The van der Waals surface area contributed by atoms with E-state index in [2.05, 4.69) is 21.2 Å². The van der Waals surface area contributed by atoms with E-state index in [-0.39, 0.29) is 24.9 Å². The Balaban J connectivity index is 1.63. The van der Waals surface area contributed by atoms with E-state index in [1.54, 1.807) is 25.1 Å². The zero-order valence-electron chi connectivity index (χ0n) is 14.0. The molecular weight excluding hydrogens is 443 g/mol. The second-order valence-electron chi connectivity index (χ2n) is 6.19. The lowest BCUT2D eigenvalue weighted by molar-refractivity contribution is -0.120. The van der Waals surface area contributed by atoms with E-state index in [9.17, 15) is 17.6 Å². The summed E-state index contributed by atoms with van der Waals surface area (Å²) >= 11 is 4.45. The number of amides is 1. The van der Waals surface area contributed by atoms with Crippen LogP contribution in [0.1, 0.15) is 18.4 Å². The van der Waals surface area contributed by atoms with Crippen LogP contribution in [-0.4, -0.2) is 31.7 Å². The predicted octanol–water partition coefficient (Wildman–Crippen LogP) is 4.00. The number of piperidine rings is 1. The Morgan fingerprint density at radius 3 is 2.58 bits per heavy atom. The number of carbonyl (C=O) groups excluding carboxylic acids is 1. The van der Waals surface area contributed by atoms with Crippen LogP contribution in [0.2, 0.25) is 0 Å². The second-order valence-corrected chi connectivity index (χ2v) is 10.8. The van der Waals surface area contributed by atoms with E-state index in [1.165, 1.54) is 27.8 Å². The van der Waals surface area contributed by atoms with Crippen LogP contribution < -0.4 is 5.32 Å². The third kappa shape index (κ3) is 4.16. The van der Waals surface area contributed by atoms with Crippen molar-refractivity contribution in [3.05, 3.63) is 45.5 Å². The lowest BCUT2D eigenvalue weighted by Crippen LogP contribution is -2.41. The highest BCUT2D eigenvalue weighted by molar-refractivity contribution is 9.11. The van der Waals surface area contributed by atoms with Crippen LogP contribution in [0, 0.1) is 18.7 Å². The fraction of sp³-hybridized carbons (Fsp3) is 0.353.